The fraction of sp³-hybridized carbons (Fsp3) is 0.524. The maximum atomic E-state index is 5.18. The van der Waals surface area contributed by atoms with E-state index in [1.807, 2.05) is 13.0 Å². The van der Waals surface area contributed by atoms with Crippen LogP contribution in [0.5, 0.6) is 0 Å². The van der Waals surface area contributed by atoms with Crippen LogP contribution in [-0.2, 0) is 6.54 Å². The number of aliphatic imine (C=N–C) groups is 1. The highest BCUT2D eigenvalue weighted by Gasteiger charge is 2.39. The fourth-order valence-electron chi connectivity index (χ4n) is 3.82. The van der Waals surface area contributed by atoms with Gasteiger partial charge in [-0.05, 0) is 38.0 Å². The molecule has 0 amide bonds. The largest absolute Gasteiger partial charge is 0.361 e. The van der Waals surface area contributed by atoms with Crippen LogP contribution in [0.15, 0.2) is 44.3 Å². The summed E-state index contributed by atoms with van der Waals surface area (Å²) in [6.07, 6.45) is 1.18. The van der Waals surface area contributed by atoms with E-state index in [0.29, 0.717) is 12.0 Å². The summed E-state index contributed by atoms with van der Waals surface area (Å²) in [6, 6.07) is 11.2. The summed E-state index contributed by atoms with van der Waals surface area (Å²) in [5.74, 6) is 2.52. The van der Waals surface area contributed by atoms with Crippen molar-refractivity contribution in [1.82, 2.24) is 20.3 Å². The van der Waals surface area contributed by atoms with Crippen molar-refractivity contribution >= 4 is 45.9 Å². The Hall–Kier alpha value is -1.13. The van der Waals surface area contributed by atoms with Crippen molar-refractivity contribution in [2.45, 2.75) is 38.8 Å². The van der Waals surface area contributed by atoms with Crippen LogP contribution in [0.1, 0.15) is 36.3 Å². The van der Waals surface area contributed by atoms with Gasteiger partial charge in [0, 0.05) is 61.8 Å². The summed E-state index contributed by atoms with van der Waals surface area (Å²) in [5.41, 5.74) is 2.42. The van der Waals surface area contributed by atoms with Gasteiger partial charge in [-0.2, -0.15) is 0 Å². The minimum Gasteiger partial charge on any atom is -0.361 e. The number of nitrogens with one attached hydrogen (secondary N) is 1. The summed E-state index contributed by atoms with van der Waals surface area (Å²) < 4.78 is 6.31. The standard InChI is InChI=1S/C21H28BrN5O.HI/c1-3-23-21(24-20-13-19(20)16-4-6-17(22)7-5-16)27-10-8-26(9-11-27)14-18-12-15(2)28-25-18;/h4-7,12,19-20H,3,8-11,13-14H2,1-2H3,(H,23,24);1H. The van der Waals surface area contributed by atoms with Gasteiger partial charge in [0.1, 0.15) is 5.76 Å². The predicted octanol–water partition coefficient (Wildman–Crippen LogP) is 4.00. The second-order valence-electron chi connectivity index (χ2n) is 7.63. The number of rotatable bonds is 5. The monoisotopic (exact) mass is 573 g/mol. The zero-order valence-electron chi connectivity index (χ0n) is 17.0. The van der Waals surface area contributed by atoms with Crippen LogP contribution in [0.3, 0.4) is 0 Å². The molecule has 0 spiro atoms. The molecule has 2 atom stereocenters. The van der Waals surface area contributed by atoms with Crippen molar-refractivity contribution in [3.8, 4) is 0 Å². The molecule has 1 aromatic carbocycles. The van der Waals surface area contributed by atoms with Crippen LogP contribution in [0.25, 0.3) is 0 Å². The molecule has 1 aliphatic heterocycles. The Morgan fingerprint density at radius 1 is 1.24 bits per heavy atom. The Morgan fingerprint density at radius 2 is 1.97 bits per heavy atom. The van der Waals surface area contributed by atoms with Crippen LogP contribution in [0.4, 0.5) is 0 Å². The van der Waals surface area contributed by atoms with Gasteiger partial charge in [0.25, 0.3) is 0 Å². The number of aromatic nitrogens is 1. The first-order chi connectivity index (χ1) is 13.6. The van der Waals surface area contributed by atoms with Gasteiger partial charge in [0.15, 0.2) is 5.96 Å². The Bertz CT molecular complexity index is 817. The molecule has 1 saturated carbocycles. The molecule has 2 fully saturated rings. The Morgan fingerprint density at radius 3 is 2.59 bits per heavy atom. The van der Waals surface area contributed by atoms with Crippen LogP contribution in [0, 0.1) is 6.92 Å². The number of hydrogen-bond acceptors (Lipinski definition) is 4. The highest BCUT2D eigenvalue weighted by molar-refractivity contribution is 14.0. The summed E-state index contributed by atoms with van der Waals surface area (Å²) in [7, 11) is 0. The topological polar surface area (TPSA) is 56.9 Å². The number of nitrogens with zero attached hydrogens (tertiary/aromatic N) is 4. The molecule has 29 heavy (non-hydrogen) atoms. The molecule has 2 heterocycles. The molecule has 1 saturated heterocycles. The van der Waals surface area contributed by atoms with Gasteiger partial charge in [0.2, 0.25) is 0 Å². The first-order valence-electron chi connectivity index (χ1n) is 10.1. The second kappa shape index (κ2) is 10.3. The maximum Gasteiger partial charge on any atom is 0.194 e. The van der Waals surface area contributed by atoms with E-state index >= 15 is 0 Å². The molecule has 4 rings (SSSR count). The number of benzene rings is 1. The third-order valence-corrected chi connectivity index (χ3v) is 5.97. The molecule has 8 heteroatoms. The Kier molecular flexibility index (Phi) is 7.98. The summed E-state index contributed by atoms with van der Waals surface area (Å²) in [6.45, 7) is 9.69. The highest BCUT2D eigenvalue weighted by Crippen LogP contribution is 2.41. The van der Waals surface area contributed by atoms with E-state index in [1.165, 1.54) is 12.0 Å². The van der Waals surface area contributed by atoms with E-state index < -0.39 is 0 Å². The van der Waals surface area contributed by atoms with Crippen molar-refractivity contribution in [2.24, 2.45) is 4.99 Å². The van der Waals surface area contributed by atoms with E-state index in [4.69, 9.17) is 9.52 Å². The van der Waals surface area contributed by atoms with E-state index in [9.17, 15) is 0 Å². The smallest absolute Gasteiger partial charge is 0.194 e. The number of hydrogen-bond donors (Lipinski definition) is 1. The van der Waals surface area contributed by atoms with Crippen molar-refractivity contribution in [3.63, 3.8) is 0 Å². The van der Waals surface area contributed by atoms with Crippen molar-refractivity contribution < 1.29 is 4.52 Å². The summed E-state index contributed by atoms with van der Waals surface area (Å²) >= 11 is 3.52. The van der Waals surface area contributed by atoms with Gasteiger partial charge in [-0.25, -0.2) is 0 Å². The molecule has 1 aromatic heterocycles. The van der Waals surface area contributed by atoms with Crippen LogP contribution >= 0.6 is 39.9 Å². The first-order valence-corrected chi connectivity index (χ1v) is 10.9. The lowest BCUT2D eigenvalue weighted by Gasteiger charge is -2.36. The van der Waals surface area contributed by atoms with Gasteiger partial charge in [-0.15, -0.1) is 24.0 Å². The molecule has 158 valence electrons. The zero-order valence-corrected chi connectivity index (χ0v) is 20.9. The zero-order chi connectivity index (χ0) is 19.5. The molecular formula is C21H29BrIN5O. The molecule has 0 bridgehead atoms. The molecule has 1 N–H and O–H groups in total. The maximum absolute atomic E-state index is 5.18. The quantitative estimate of drug-likeness (QED) is 0.333. The molecule has 2 aromatic rings. The number of guanidine groups is 1. The minimum absolute atomic E-state index is 0. The average Bonchev–Trinajstić information content (AvgIpc) is 3.34. The normalized spacial score (nSPS) is 22.3. The van der Waals surface area contributed by atoms with Crippen LogP contribution < -0.4 is 5.32 Å². The van der Waals surface area contributed by atoms with E-state index in [0.717, 1.165) is 61.2 Å². The lowest BCUT2D eigenvalue weighted by molar-refractivity contribution is 0.168. The summed E-state index contributed by atoms with van der Waals surface area (Å²) in [4.78, 5) is 9.58. The van der Waals surface area contributed by atoms with Gasteiger partial charge >= 0.3 is 0 Å². The van der Waals surface area contributed by atoms with Gasteiger partial charge in [0.05, 0.1) is 5.69 Å². The Labute approximate surface area is 198 Å². The Balaban J connectivity index is 0.00000240. The van der Waals surface area contributed by atoms with E-state index in [1.54, 1.807) is 0 Å². The van der Waals surface area contributed by atoms with Gasteiger partial charge in [-0.1, -0.05) is 33.2 Å². The average molecular weight is 574 g/mol. The van der Waals surface area contributed by atoms with Crippen molar-refractivity contribution in [2.75, 3.05) is 32.7 Å². The highest BCUT2D eigenvalue weighted by atomic mass is 127. The van der Waals surface area contributed by atoms with Crippen molar-refractivity contribution in [3.05, 3.63) is 51.8 Å². The number of halogens is 2. The predicted molar refractivity (Wildman–Crippen MR) is 130 cm³/mol. The minimum atomic E-state index is 0. The molecule has 1 aliphatic carbocycles. The van der Waals surface area contributed by atoms with Gasteiger partial charge in [-0.3, -0.25) is 9.89 Å². The third-order valence-electron chi connectivity index (χ3n) is 5.45. The fourth-order valence-corrected chi connectivity index (χ4v) is 4.09. The van der Waals surface area contributed by atoms with Crippen LogP contribution in [0.2, 0.25) is 0 Å². The lowest BCUT2D eigenvalue weighted by Crippen LogP contribution is -2.52. The molecule has 2 unspecified atom stereocenters. The molecule has 2 aliphatic rings. The number of aryl methyl sites for hydroxylation is 1. The van der Waals surface area contributed by atoms with Gasteiger partial charge < -0.3 is 14.7 Å². The summed E-state index contributed by atoms with van der Waals surface area (Å²) in [5, 5.41) is 7.83. The molecule has 0 radical (unpaired) electrons. The van der Waals surface area contributed by atoms with Crippen LogP contribution in [-0.4, -0.2) is 59.7 Å². The van der Waals surface area contributed by atoms with Crippen molar-refractivity contribution in [1.29, 1.82) is 0 Å². The SMILES string of the molecule is CCN=C(NC1CC1c1ccc(Br)cc1)N1CCN(Cc2cc(C)on2)CC1.I. The van der Waals surface area contributed by atoms with E-state index in [2.05, 4.69) is 67.4 Å². The third kappa shape index (κ3) is 5.95. The second-order valence-corrected chi connectivity index (χ2v) is 8.55. The molecular weight excluding hydrogens is 545 g/mol. The first kappa shape index (κ1) is 22.6. The lowest BCUT2D eigenvalue weighted by atomic mass is 10.1. The van der Waals surface area contributed by atoms with E-state index in [-0.39, 0.29) is 24.0 Å². The number of piperazine rings is 1. The molecule has 6 nitrogen and oxygen atoms in total.